The Morgan fingerprint density at radius 3 is 2.50 bits per heavy atom. The average molecular weight is 276 g/mol. The minimum atomic E-state index is -0.890. The molecule has 0 aromatic heterocycles. The van der Waals surface area contributed by atoms with Crippen LogP contribution in [0.4, 0.5) is 0 Å². The van der Waals surface area contributed by atoms with Crippen molar-refractivity contribution in [2.24, 2.45) is 11.7 Å². The fourth-order valence-electron chi connectivity index (χ4n) is 2.27. The first-order chi connectivity index (χ1) is 9.56. The van der Waals surface area contributed by atoms with Gasteiger partial charge in [0.1, 0.15) is 0 Å². The summed E-state index contributed by atoms with van der Waals surface area (Å²) in [6.45, 7) is 0. The number of carboxylic acids is 1. The number of rotatable bonds is 7. The maximum atomic E-state index is 12.0. The van der Waals surface area contributed by atoms with E-state index in [4.69, 9.17) is 10.8 Å². The lowest BCUT2D eigenvalue weighted by molar-refractivity contribution is -0.138. The van der Waals surface area contributed by atoms with Crippen LogP contribution in [0.3, 0.4) is 0 Å². The van der Waals surface area contributed by atoms with E-state index in [2.05, 4.69) is 5.32 Å². The van der Waals surface area contributed by atoms with Crippen molar-refractivity contribution in [2.45, 2.75) is 37.8 Å². The van der Waals surface area contributed by atoms with Crippen molar-refractivity contribution in [3.8, 4) is 0 Å². The van der Waals surface area contributed by atoms with Crippen LogP contribution in [0.5, 0.6) is 0 Å². The number of carboxylic acid groups (broad SMARTS) is 1. The molecule has 108 valence electrons. The van der Waals surface area contributed by atoms with E-state index in [0.29, 0.717) is 12.3 Å². The molecule has 0 aliphatic heterocycles. The number of aliphatic carboxylic acids is 1. The molecule has 1 aromatic rings. The quantitative estimate of drug-likeness (QED) is 0.690. The van der Waals surface area contributed by atoms with Gasteiger partial charge in [-0.05, 0) is 30.7 Å². The van der Waals surface area contributed by atoms with Gasteiger partial charge in [-0.15, -0.1) is 0 Å². The molecule has 1 aromatic carbocycles. The molecule has 2 rings (SSSR count). The highest BCUT2D eigenvalue weighted by atomic mass is 16.4. The Bertz CT molecular complexity index is 471. The van der Waals surface area contributed by atoms with Gasteiger partial charge in [0.15, 0.2) is 0 Å². The molecule has 0 heterocycles. The molecule has 0 radical (unpaired) electrons. The molecular weight excluding hydrogens is 256 g/mol. The van der Waals surface area contributed by atoms with Crippen LogP contribution in [0.2, 0.25) is 0 Å². The smallest absolute Gasteiger partial charge is 0.305 e. The van der Waals surface area contributed by atoms with Crippen LogP contribution in [0.15, 0.2) is 30.3 Å². The Morgan fingerprint density at radius 1 is 1.30 bits per heavy atom. The molecule has 1 fully saturated rings. The Labute approximate surface area is 118 Å². The van der Waals surface area contributed by atoms with Crippen LogP contribution in [-0.4, -0.2) is 29.1 Å². The molecule has 1 saturated carbocycles. The molecule has 5 heteroatoms. The van der Waals surface area contributed by atoms with Gasteiger partial charge >= 0.3 is 5.97 Å². The summed E-state index contributed by atoms with van der Waals surface area (Å²) in [5.41, 5.74) is 6.89. The summed E-state index contributed by atoms with van der Waals surface area (Å²) in [5.74, 6) is -0.871. The lowest BCUT2D eigenvalue weighted by Crippen LogP contribution is -2.47. The van der Waals surface area contributed by atoms with Crippen LogP contribution in [-0.2, 0) is 16.0 Å². The van der Waals surface area contributed by atoms with E-state index in [1.807, 2.05) is 30.3 Å². The Morgan fingerprint density at radius 2 is 1.95 bits per heavy atom. The summed E-state index contributed by atoms with van der Waals surface area (Å²) in [6.07, 6.45) is 2.38. The molecule has 1 unspecified atom stereocenters. The number of nitrogens with one attached hydrogen (secondary N) is 1. The van der Waals surface area contributed by atoms with E-state index < -0.39 is 12.0 Å². The zero-order valence-electron chi connectivity index (χ0n) is 11.3. The summed E-state index contributed by atoms with van der Waals surface area (Å²) >= 11 is 0. The lowest BCUT2D eigenvalue weighted by Gasteiger charge is -2.19. The molecule has 1 aliphatic rings. The van der Waals surface area contributed by atoms with Gasteiger partial charge in [-0.2, -0.15) is 0 Å². The molecule has 4 N–H and O–H groups in total. The molecule has 1 aliphatic carbocycles. The van der Waals surface area contributed by atoms with Crippen LogP contribution in [0.1, 0.15) is 24.8 Å². The molecule has 2 atom stereocenters. The largest absolute Gasteiger partial charge is 0.481 e. The monoisotopic (exact) mass is 276 g/mol. The predicted octanol–water partition coefficient (Wildman–Crippen LogP) is 0.926. The Balaban J connectivity index is 1.87. The fraction of sp³-hybridized carbons (Fsp3) is 0.467. The molecule has 0 saturated heterocycles. The molecule has 0 bridgehead atoms. The van der Waals surface area contributed by atoms with Gasteiger partial charge < -0.3 is 16.2 Å². The highest BCUT2D eigenvalue weighted by Crippen LogP contribution is 2.34. The minimum absolute atomic E-state index is 0.0333. The molecule has 1 amide bonds. The van der Waals surface area contributed by atoms with Crippen LogP contribution < -0.4 is 11.1 Å². The number of benzene rings is 1. The summed E-state index contributed by atoms with van der Waals surface area (Å²) in [4.78, 5) is 22.8. The summed E-state index contributed by atoms with van der Waals surface area (Å²) in [5, 5.41) is 11.7. The topological polar surface area (TPSA) is 92.4 Å². The van der Waals surface area contributed by atoms with Gasteiger partial charge in [-0.1, -0.05) is 30.3 Å². The normalized spacial score (nSPS) is 17.2. The second kappa shape index (κ2) is 6.52. The standard InChI is InChI=1S/C15H20N2O3/c16-12(8-10-4-2-1-3-5-10)15(20)17-13(9-14(18)19)11-6-7-11/h1-5,11-13H,6-9,16H2,(H,17,20)(H,18,19)/t12-,13?/m1/s1. The summed E-state index contributed by atoms with van der Waals surface area (Å²) in [7, 11) is 0. The summed E-state index contributed by atoms with van der Waals surface area (Å²) < 4.78 is 0. The second-order valence-electron chi connectivity index (χ2n) is 5.35. The van der Waals surface area contributed by atoms with Gasteiger partial charge in [-0.3, -0.25) is 9.59 Å². The van der Waals surface area contributed by atoms with E-state index in [1.165, 1.54) is 0 Å². The van der Waals surface area contributed by atoms with Gasteiger partial charge in [-0.25, -0.2) is 0 Å². The van der Waals surface area contributed by atoms with E-state index in [9.17, 15) is 9.59 Å². The first-order valence-electron chi connectivity index (χ1n) is 6.88. The SMILES string of the molecule is N[C@H](Cc1ccccc1)C(=O)NC(CC(=O)O)C1CC1. The van der Waals surface area contributed by atoms with E-state index in [1.54, 1.807) is 0 Å². The van der Waals surface area contributed by atoms with Gasteiger partial charge in [0.25, 0.3) is 0 Å². The van der Waals surface area contributed by atoms with E-state index >= 15 is 0 Å². The van der Waals surface area contributed by atoms with E-state index in [-0.39, 0.29) is 18.4 Å². The van der Waals surface area contributed by atoms with Crippen molar-refractivity contribution in [1.29, 1.82) is 0 Å². The average Bonchev–Trinajstić information content (AvgIpc) is 3.22. The van der Waals surface area contributed by atoms with E-state index in [0.717, 1.165) is 18.4 Å². The van der Waals surface area contributed by atoms with Crippen molar-refractivity contribution < 1.29 is 14.7 Å². The maximum Gasteiger partial charge on any atom is 0.305 e. The number of hydrogen-bond acceptors (Lipinski definition) is 3. The number of hydrogen-bond donors (Lipinski definition) is 3. The Hall–Kier alpha value is -1.88. The van der Waals surface area contributed by atoms with Crippen molar-refractivity contribution in [1.82, 2.24) is 5.32 Å². The fourth-order valence-corrected chi connectivity index (χ4v) is 2.27. The molecule has 20 heavy (non-hydrogen) atoms. The number of amides is 1. The molecule has 0 spiro atoms. The van der Waals surface area contributed by atoms with Crippen molar-refractivity contribution >= 4 is 11.9 Å². The van der Waals surface area contributed by atoms with Crippen LogP contribution >= 0.6 is 0 Å². The first kappa shape index (κ1) is 14.5. The zero-order chi connectivity index (χ0) is 14.5. The zero-order valence-corrected chi connectivity index (χ0v) is 11.3. The number of carbonyl (C=O) groups is 2. The first-order valence-corrected chi connectivity index (χ1v) is 6.88. The van der Waals surface area contributed by atoms with Crippen LogP contribution in [0.25, 0.3) is 0 Å². The van der Waals surface area contributed by atoms with Crippen LogP contribution in [0, 0.1) is 5.92 Å². The second-order valence-corrected chi connectivity index (χ2v) is 5.35. The molecular formula is C15H20N2O3. The van der Waals surface area contributed by atoms with Crippen molar-refractivity contribution in [3.05, 3.63) is 35.9 Å². The Kier molecular flexibility index (Phi) is 4.74. The number of carbonyl (C=O) groups excluding carboxylic acids is 1. The highest BCUT2D eigenvalue weighted by molar-refractivity contribution is 5.82. The van der Waals surface area contributed by atoms with Gasteiger partial charge in [0.05, 0.1) is 12.5 Å². The predicted molar refractivity (Wildman–Crippen MR) is 75.0 cm³/mol. The van der Waals surface area contributed by atoms with Gasteiger partial charge in [0.2, 0.25) is 5.91 Å². The van der Waals surface area contributed by atoms with Crippen molar-refractivity contribution in [3.63, 3.8) is 0 Å². The lowest BCUT2D eigenvalue weighted by atomic mass is 10.0. The van der Waals surface area contributed by atoms with Crippen molar-refractivity contribution in [2.75, 3.05) is 0 Å². The van der Waals surface area contributed by atoms with Gasteiger partial charge in [0, 0.05) is 6.04 Å². The number of nitrogens with two attached hydrogens (primary N) is 1. The minimum Gasteiger partial charge on any atom is -0.481 e. The third-order valence-corrected chi connectivity index (χ3v) is 3.55. The highest BCUT2D eigenvalue weighted by Gasteiger charge is 2.34. The third-order valence-electron chi connectivity index (χ3n) is 3.55. The summed E-state index contributed by atoms with van der Waals surface area (Å²) in [6, 6.07) is 8.61. The molecule has 5 nitrogen and oxygen atoms in total. The maximum absolute atomic E-state index is 12.0. The third kappa shape index (κ3) is 4.35.